The van der Waals surface area contributed by atoms with Crippen LogP contribution in [0.5, 0.6) is 0 Å². The molecule has 1 aliphatic rings. The molecule has 1 fully saturated rings. The largest absolute Gasteiger partial charge is 0.326 e. The number of nitrogens with zero attached hydrogens (tertiary/aromatic N) is 1. The molecule has 120 valence electrons. The second kappa shape index (κ2) is 7.29. The Bertz CT molecular complexity index is 591. The van der Waals surface area contributed by atoms with E-state index in [0.29, 0.717) is 22.0 Å². The number of benzene rings is 1. The minimum atomic E-state index is -3.51. The molecule has 1 saturated heterocycles. The molecule has 7 heteroatoms. The van der Waals surface area contributed by atoms with Gasteiger partial charge in [-0.05, 0) is 50.5 Å². The molecule has 0 bridgehead atoms. The number of rotatable bonds is 3. The fraction of sp³-hybridized carbons (Fsp3) is 0.571. The number of aryl methyl sites for hydroxylation is 1. The minimum Gasteiger partial charge on any atom is -0.326 e. The Kier molecular flexibility index (Phi) is 6.50. The van der Waals surface area contributed by atoms with Gasteiger partial charge in [-0.1, -0.05) is 18.0 Å². The van der Waals surface area contributed by atoms with Crippen molar-refractivity contribution < 1.29 is 8.42 Å². The summed E-state index contributed by atoms with van der Waals surface area (Å²) in [5.74, 6) is 0. The van der Waals surface area contributed by atoms with Crippen LogP contribution in [0, 0.1) is 6.92 Å². The monoisotopic (exact) mass is 352 g/mol. The van der Waals surface area contributed by atoms with Crippen LogP contribution in [0.15, 0.2) is 23.1 Å². The van der Waals surface area contributed by atoms with Gasteiger partial charge < -0.3 is 5.73 Å². The molecule has 2 N–H and O–H groups in total. The standard InChI is InChI=1S/C14H21ClN2O2S.ClH/c1-10-9-12(15)6-7-14(10)20(18,19)17-8-4-3-5-13(17)11(2)16;/h6-7,9,11,13H,3-5,8,16H2,1-2H3;1H. The van der Waals surface area contributed by atoms with Crippen LogP contribution in [0.2, 0.25) is 5.02 Å². The molecule has 4 nitrogen and oxygen atoms in total. The van der Waals surface area contributed by atoms with Gasteiger partial charge in [0, 0.05) is 23.7 Å². The van der Waals surface area contributed by atoms with Crippen molar-refractivity contribution in [2.24, 2.45) is 5.73 Å². The highest BCUT2D eigenvalue weighted by atomic mass is 35.5. The van der Waals surface area contributed by atoms with Gasteiger partial charge in [0.05, 0.1) is 4.90 Å². The van der Waals surface area contributed by atoms with E-state index in [0.717, 1.165) is 19.3 Å². The molecule has 0 spiro atoms. The summed E-state index contributed by atoms with van der Waals surface area (Å²) in [5.41, 5.74) is 6.64. The van der Waals surface area contributed by atoms with Crippen molar-refractivity contribution in [1.29, 1.82) is 0 Å². The lowest BCUT2D eigenvalue weighted by Crippen LogP contribution is -2.51. The molecule has 2 atom stereocenters. The zero-order chi connectivity index (χ0) is 14.9. The van der Waals surface area contributed by atoms with Gasteiger partial charge in [0.1, 0.15) is 0 Å². The maximum atomic E-state index is 12.9. The Morgan fingerprint density at radius 3 is 2.62 bits per heavy atom. The fourth-order valence-electron chi connectivity index (χ4n) is 2.78. The number of piperidine rings is 1. The first-order valence-electron chi connectivity index (χ1n) is 6.87. The van der Waals surface area contributed by atoms with Gasteiger partial charge in [0.25, 0.3) is 0 Å². The maximum absolute atomic E-state index is 12.9. The Balaban J connectivity index is 0.00000220. The number of nitrogens with two attached hydrogens (primary N) is 1. The molecule has 1 aromatic rings. The molecule has 21 heavy (non-hydrogen) atoms. The van der Waals surface area contributed by atoms with Gasteiger partial charge in [-0.2, -0.15) is 4.31 Å². The van der Waals surface area contributed by atoms with Crippen LogP contribution in [0.4, 0.5) is 0 Å². The quantitative estimate of drug-likeness (QED) is 0.909. The SMILES string of the molecule is Cc1cc(Cl)ccc1S(=O)(=O)N1CCCCC1C(C)N.Cl. The summed E-state index contributed by atoms with van der Waals surface area (Å²) in [6, 6.07) is 4.59. The smallest absolute Gasteiger partial charge is 0.243 e. The third-order valence-corrected chi connectivity index (χ3v) is 6.15. The summed E-state index contributed by atoms with van der Waals surface area (Å²) in [4.78, 5) is 0.328. The van der Waals surface area contributed by atoms with Crippen LogP contribution in [-0.4, -0.2) is 31.4 Å². The third-order valence-electron chi connectivity index (χ3n) is 3.83. The number of hydrogen-bond acceptors (Lipinski definition) is 3. The van der Waals surface area contributed by atoms with Crippen LogP contribution in [-0.2, 0) is 10.0 Å². The molecule has 0 aromatic heterocycles. The molecule has 2 rings (SSSR count). The lowest BCUT2D eigenvalue weighted by Gasteiger charge is -2.37. The van der Waals surface area contributed by atoms with Crippen molar-refractivity contribution in [2.45, 2.75) is 50.1 Å². The Morgan fingerprint density at radius 2 is 2.05 bits per heavy atom. The van der Waals surface area contributed by atoms with E-state index >= 15 is 0 Å². The molecule has 1 aliphatic heterocycles. The van der Waals surface area contributed by atoms with Crippen molar-refractivity contribution in [3.8, 4) is 0 Å². The molecule has 0 aliphatic carbocycles. The zero-order valence-electron chi connectivity index (χ0n) is 12.3. The van der Waals surface area contributed by atoms with E-state index in [1.807, 2.05) is 6.92 Å². The average Bonchev–Trinajstić information content (AvgIpc) is 2.38. The highest BCUT2D eigenvalue weighted by molar-refractivity contribution is 7.89. The van der Waals surface area contributed by atoms with E-state index in [2.05, 4.69) is 0 Å². The molecular weight excluding hydrogens is 331 g/mol. The van der Waals surface area contributed by atoms with E-state index in [4.69, 9.17) is 17.3 Å². The van der Waals surface area contributed by atoms with Crippen LogP contribution < -0.4 is 5.73 Å². The van der Waals surface area contributed by atoms with Crippen molar-refractivity contribution in [3.05, 3.63) is 28.8 Å². The minimum absolute atomic E-state index is 0. The first kappa shape index (κ1) is 18.7. The first-order valence-corrected chi connectivity index (χ1v) is 8.69. The second-order valence-electron chi connectivity index (χ2n) is 5.45. The lowest BCUT2D eigenvalue weighted by molar-refractivity contribution is 0.227. The summed E-state index contributed by atoms with van der Waals surface area (Å²) in [6.45, 7) is 4.17. The molecule has 1 heterocycles. The van der Waals surface area contributed by atoms with E-state index in [-0.39, 0.29) is 24.5 Å². The molecule has 0 amide bonds. The first-order chi connectivity index (χ1) is 9.34. The van der Waals surface area contributed by atoms with E-state index in [9.17, 15) is 8.42 Å². The second-order valence-corrected chi connectivity index (χ2v) is 7.74. The van der Waals surface area contributed by atoms with Crippen LogP contribution in [0.25, 0.3) is 0 Å². The van der Waals surface area contributed by atoms with Crippen molar-refractivity contribution in [2.75, 3.05) is 6.54 Å². The number of hydrogen-bond donors (Lipinski definition) is 1. The summed E-state index contributed by atoms with van der Waals surface area (Å²) in [5, 5.41) is 0.545. The fourth-order valence-corrected chi connectivity index (χ4v) is 4.99. The van der Waals surface area contributed by atoms with Gasteiger partial charge in [-0.15, -0.1) is 12.4 Å². The Morgan fingerprint density at radius 1 is 1.38 bits per heavy atom. The highest BCUT2D eigenvalue weighted by Gasteiger charge is 2.35. The maximum Gasteiger partial charge on any atom is 0.243 e. The van der Waals surface area contributed by atoms with E-state index in [1.54, 1.807) is 29.4 Å². The summed E-state index contributed by atoms with van der Waals surface area (Å²) >= 11 is 5.90. The van der Waals surface area contributed by atoms with Gasteiger partial charge in [-0.25, -0.2) is 8.42 Å². The molecule has 2 unspecified atom stereocenters. The number of halogens is 2. The van der Waals surface area contributed by atoms with E-state index in [1.165, 1.54) is 0 Å². The van der Waals surface area contributed by atoms with Gasteiger partial charge in [0.2, 0.25) is 10.0 Å². The third kappa shape index (κ3) is 3.90. The van der Waals surface area contributed by atoms with Crippen molar-refractivity contribution in [1.82, 2.24) is 4.31 Å². The van der Waals surface area contributed by atoms with E-state index < -0.39 is 10.0 Å². The van der Waals surface area contributed by atoms with Crippen molar-refractivity contribution in [3.63, 3.8) is 0 Å². The van der Waals surface area contributed by atoms with Gasteiger partial charge >= 0.3 is 0 Å². The van der Waals surface area contributed by atoms with Crippen molar-refractivity contribution >= 4 is 34.0 Å². The zero-order valence-corrected chi connectivity index (χ0v) is 14.6. The van der Waals surface area contributed by atoms with Gasteiger partial charge in [0.15, 0.2) is 0 Å². The molecule has 0 radical (unpaired) electrons. The number of sulfonamides is 1. The highest BCUT2D eigenvalue weighted by Crippen LogP contribution is 2.29. The lowest BCUT2D eigenvalue weighted by atomic mass is 10.00. The Labute approximate surface area is 138 Å². The average molecular weight is 353 g/mol. The molecule has 1 aromatic carbocycles. The summed E-state index contributed by atoms with van der Waals surface area (Å²) < 4.78 is 27.3. The normalized spacial score (nSPS) is 21.6. The molecule has 0 saturated carbocycles. The predicted octanol–water partition coefficient (Wildman–Crippen LogP) is 2.96. The van der Waals surface area contributed by atoms with Gasteiger partial charge in [-0.3, -0.25) is 0 Å². The van der Waals surface area contributed by atoms with Crippen LogP contribution >= 0.6 is 24.0 Å². The Hall–Kier alpha value is -0.330. The topological polar surface area (TPSA) is 63.4 Å². The summed E-state index contributed by atoms with van der Waals surface area (Å²) in [6.07, 6.45) is 2.73. The van der Waals surface area contributed by atoms with Crippen LogP contribution in [0.1, 0.15) is 31.7 Å². The van der Waals surface area contributed by atoms with Crippen LogP contribution in [0.3, 0.4) is 0 Å². The molecular formula is C14H22Cl2N2O2S. The predicted molar refractivity (Wildman–Crippen MR) is 88.6 cm³/mol. The summed E-state index contributed by atoms with van der Waals surface area (Å²) in [7, 11) is -3.51.